The largest absolute Gasteiger partial charge is 0.483 e. The third-order valence-corrected chi connectivity index (χ3v) is 4.50. The number of ether oxygens (including phenoxy) is 2. The fourth-order valence-electron chi connectivity index (χ4n) is 3.16. The number of benzene rings is 1. The lowest BCUT2D eigenvalue weighted by Gasteiger charge is -2.34. The predicted octanol–water partition coefficient (Wildman–Crippen LogP) is 2.41. The van der Waals surface area contributed by atoms with Gasteiger partial charge >= 0.3 is 0 Å². The molecule has 1 amide bonds. The van der Waals surface area contributed by atoms with E-state index in [2.05, 4.69) is 26.1 Å². The van der Waals surface area contributed by atoms with E-state index in [0.29, 0.717) is 0 Å². The van der Waals surface area contributed by atoms with Crippen LogP contribution in [-0.4, -0.2) is 43.0 Å². The lowest BCUT2D eigenvalue weighted by Crippen LogP contribution is -2.52. The summed E-state index contributed by atoms with van der Waals surface area (Å²) >= 11 is 0. The first kappa shape index (κ1) is 18.7. The van der Waals surface area contributed by atoms with Gasteiger partial charge in [-0.25, -0.2) is 0 Å². The Balaban J connectivity index is 1.92. The molecule has 1 aromatic rings. The van der Waals surface area contributed by atoms with Gasteiger partial charge < -0.3 is 19.9 Å². The van der Waals surface area contributed by atoms with Crippen LogP contribution in [0.1, 0.15) is 45.6 Å². The first-order chi connectivity index (χ1) is 11.3. The summed E-state index contributed by atoms with van der Waals surface area (Å²) in [5, 5.41) is 13.1. The predicted molar refractivity (Wildman–Crippen MR) is 93.2 cm³/mol. The van der Waals surface area contributed by atoms with Crippen LogP contribution in [0.3, 0.4) is 0 Å². The van der Waals surface area contributed by atoms with Crippen molar-refractivity contribution in [3.63, 3.8) is 0 Å². The van der Waals surface area contributed by atoms with E-state index in [1.807, 2.05) is 24.3 Å². The first-order valence-corrected chi connectivity index (χ1v) is 8.55. The minimum Gasteiger partial charge on any atom is -0.483 e. The van der Waals surface area contributed by atoms with E-state index in [1.165, 1.54) is 0 Å². The molecule has 3 atom stereocenters. The zero-order valence-corrected chi connectivity index (χ0v) is 15.0. The molecule has 1 saturated carbocycles. The fourth-order valence-corrected chi connectivity index (χ4v) is 3.16. The van der Waals surface area contributed by atoms with E-state index >= 15 is 0 Å². The number of methoxy groups -OCH3 is 1. The standard InChI is InChI=1S/C19H29NO4/c1-19(2,3)13-8-5-6-10-15(13)24-12-17(21)20-14-9-7-11-16(23-4)18(14)22/h5-6,8,10,14,16,18,22H,7,9,11-12H2,1-4H3,(H,20,21)/t14-,16-,18-/m1/s1. The highest BCUT2D eigenvalue weighted by atomic mass is 16.5. The molecule has 5 heteroatoms. The van der Waals surface area contributed by atoms with Crippen molar-refractivity contribution in [2.75, 3.05) is 13.7 Å². The van der Waals surface area contributed by atoms with Gasteiger partial charge in [0.25, 0.3) is 5.91 Å². The van der Waals surface area contributed by atoms with Gasteiger partial charge in [-0.1, -0.05) is 39.0 Å². The van der Waals surface area contributed by atoms with Crippen molar-refractivity contribution in [3.05, 3.63) is 29.8 Å². The Labute approximate surface area is 144 Å². The number of carbonyl (C=O) groups is 1. The smallest absolute Gasteiger partial charge is 0.258 e. The van der Waals surface area contributed by atoms with Crippen molar-refractivity contribution < 1.29 is 19.4 Å². The highest BCUT2D eigenvalue weighted by molar-refractivity contribution is 5.78. The molecule has 1 aliphatic rings. The zero-order chi connectivity index (χ0) is 17.7. The summed E-state index contributed by atoms with van der Waals surface area (Å²) in [5.41, 5.74) is 1.01. The molecule has 1 aliphatic carbocycles. The van der Waals surface area contributed by atoms with Gasteiger partial charge in [-0.3, -0.25) is 4.79 Å². The number of hydrogen-bond acceptors (Lipinski definition) is 4. The van der Waals surface area contributed by atoms with Gasteiger partial charge in [-0.15, -0.1) is 0 Å². The van der Waals surface area contributed by atoms with Gasteiger partial charge in [0.1, 0.15) is 11.9 Å². The monoisotopic (exact) mass is 335 g/mol. The summed E-state index contributed by atoms with van der Waals surface area (Å²) in [6.07, 6.45) is 1.61. The third kappa shape index (κ3) is 4.71. The average Bonchev–Trinajstić information content (AvgIpc) is 2.54. The second-order valence-corrected chi connectivity index (χ2v) is 7.40. The average molecular weight is 335 g/mol. The van der Waals surface area contributed by atoms with Crippen LogP contribution in [0, 0.1) is 0 Å². The van der Waals surface area contributed by atoms with Crippen LogP contribution in [0.4, 0.5) is 0 Å². The molecular weight excluding hydrogens is 306 g/mol. The van der Waals surface area contributed by atoms with Crippen LogP contribution in [0.15, 0.2) is 24.3 Å². The molecule has 0 radical (unpaired) electrons. The van der Waals surface area contributed by atoms with Crippen LogP contribution in [0.5, 0.6) is 5.75 Å². The Morgan fingerprint density at radius 3 is 2.67 bits per heavy atom. The highest BCUT2D eigenvalue weighted by Gasteiger charge is 2.32. The second-order valence-electron chi connectivity index (χ2n) is 7.40. The Hall–Kier alpha value is -1.59. The van der Waals surface area contributed by atoms with Crippen molar-refractivity contribution in [2.24, 2.45) is 0 Å². The lowest BCUT2D eigenvalue weighted by molar-refractivity contribution is -0.126. The summed E-state index contributed by atoms with van der Waals surface area (Å²) in [6, 6.07) is 7.48. The zero-order valence-electron chi connectivity index (χ0n) is 15.0. The van der Waals surface area contributed by atoms with Crippen molar-refractivity contribution in [1.82, 2.24) is 5.32 Å². The van der Waals surface area contributed by atoms with E-state index < -0.39 is 6.10 Å². The lowest BCUT2D eigenvalue weighted by atomic mass is 9.86. The summed E-state index contributed by atoms with van der Waals surface area (Å²) < 4.78 is 11.0. The van der Waals surface area contributed by atoms with Crippen LogP contribution < -0.4 is 10.1 Å². The molecule has 134 valence electrons. The fraction of sp³-hybridized carbons (Fsp3) is 0.632. The van der Waals surface area contributed by atoms with E-state index in [-0.39, 0.29) is 30.1 Å². The van der Waals surface area contributed by atoms with Gasteiger partial charge in [0.2, 0.25) is 0 Å². The number of nitrogens with one attached hydrogen (secondary N) is 1. The third-order valence-electron chi connectivity index (χ3n) is 4.50. The molecule has 0 bridgehead atoms. The van der Waals surface area contributed by atoms with Crippen molar-refractivity contribution in [1.29, 1.82) is 0 Å². The maximum Gasteiger partial charge on any atom is 0.258 e. The molecule has 0 aliphatic heterocycles. The summed E-state index contributed by atoms with van der Waals surface area (Å²) in [6.45, 7) is 6.27. The molecule has 2 N–H and O–H groups in total. The number of aliphatic hydroxyl groups is 1. The highest BCUT2D eigenvalue weighted by Crippen LogP contribution is 2.30. The van der Waals surface area contributed by atoms with E-state index in [1.54, 1.807) is 7.11 Å². The molecular formula is C19H29NO4. The van der Waals surface area contributed by atoms with E-state index in [4.69, 9.17) is 9.47 Å². The minimum atomic E-state index is -0.672. The topological polar surface area (TPSA) is 67.8 Å². The number of aliphatic hydroxyl groups excluding tert-OH is 1. The first-order valence-electron chi connectivity index (χ1n) is 8.55. The number of carbonyl (C=O) groups excluding carboxylic acids is 1. The quantitative estimate of drug-likeness (QED) is 0.867. The number of amides is 1. The van der Waals surface area contributed by atoms with E-state index in [9.17, 15) is 9.90 Å². The molecule has 0 aromatic heterocycles. The van der Waals surface area contributed by atoms with Gasteiger partial charge in [0.05, 0.1) is 12.1 Å². The van der Waals surface area contributed by atoms with E-state index in [0.717, 1.165) is 30.6 Å². The molecule has 1 aromatic carbocycles. The maximum absolute atomic E-state index is 12.2. The second kappa shape index (κ2) is 7.99. The molecule has 1 fully saturated rings. The number of para-hydroxylation sites is 1. The summed E-state index contributed by atoms with van der Waals surface area (Å²) in [7, 11) is 1.59. The Bertz CT molecular complexity index is 553. The Morgan fingerprint density at radius 2 is 2.00 bits per heavy atom. The number of rotatable bonds is 5. The van der Waals surface area contributed by atoms with Crippen LogP contribution >= 0.6 is 0 Å². The molecule has 2 rings (SSSR count). The molecule has 0 spiro atoms. The maximum atomic E-state index is 12.2. The Morgan fingerprint density at radius 1 is 1.29 bits per heavy atom. The summed E-state index contributed by atoms with van der Waals surface area (Å²) in [4.78, 5) is 12.2. The molecule has 0 heterocycles. The minimum absolute atomic E-state index is 0.0572. The molecule has 5 nitrogen and oxygen atoms in total. The van der Waals surface area contributed by atoms with Crippen LogP contribution in [0.25, 0.3) is 0 Å². The van der Waals surface area contributed by atoms with Crippen molar-refractivity contribution >= 4 is 5.91 Å². The molecule has 0 unspecified atom stereocenters. The van der Waals surface area contributed by atoms with Crippen molar-refractivity contribution in [2.45, 2.75) is 63.7 Å². The molecule has 24 heavy (non-hydrogen) atoms. The SMILES string of the molecule is CO[C@@H]1CCC[C@@H](NC(=O)COc2ccccc2C(C)(C)C)[C@H]1O. The van der Waals surface area contributed by atoms with Crippen LogP contribution in [0.2, 0.25) is 0 Å². The van der Waals surface area contributed by atoms with Gasteiger partial charge in [0.15, 0.2) is 6.61 Å². The van der Waals surface area contributed by atoms with Gasteiger partial charge in [-0.2, -0.15) is 0 Å². The summed E-state index contributed by atoms with van der Waals surface area (Å²) in [5.74, 6) is 0.499. The van der Waals surface area contributed by atoms with Crippen LogP contribution in [-0.2, 0) is 14.9 Å². The molecule has 0 saturated heterocycles. The number of hydrogen-bond donors (Lipinski definition) is 2. The Kier molecular flexibility index (Phi) is 6.24. The van der Waals surface area contributed by atoms with Gasteiger partial charge in [0, 0.05) is 7.11 Å². The van der Waals surface area contributed by atoms with Gasteiger partial charge in [-0.05, 0) is 36.3 Å². The normalized spacial score (nSPS) is 24.5. The van der Waals surface area contributed by atoms with Crippen molar-refractivity contribution in [3.8, 4) is 5.75 Å².